The van der Waals surface area contributed by atoms with Crippen LogP contribution in [0, 0.1) is 0 Å². The molecular formula is C15H18O5. The molecule has 0 N–H and O–H groups in total. The summed E-state index contributed by atoms with van der Waals surface area (Å²) in [6, 6.07) is 5.10. The van der Waals surface area contributed by atoms with Gasteiger partial charge in [-0.2, -0.15) is 0 Å². The standard InChI is InChI=1S/C15H18O5/c1-5-20-15(17)13(10(2)16)8-11-6-7-12(18-3)9-14(11)19-4/h6-9H,5H2,1-4H3/b13-8+. The molecule has 20 heavy (non-hydrogen) atoms. The number of benzene rings is 1. The van der Waals surface area contributed by atoms with Gasteiger partial charge in [-0.3, -0.25) is 4.79 Å². The van der Waals surface area contributed by atoms with Crippen LogP contribution in [0.1, 0.15) is 19.4 Å². The molecule has 0 heterocycles. The van der Waals surface area contributed by atoms with Gasteiger partial charge in [0.25, 0.3) is 0 Å². The number of rotatable bonds is 6. The van der Waals surface area contributed by atoms with Crippen LogP contribution in [0.25, 0.3) is 6.08 Å². The summed E-state index contributed by atoms with van der Waals surface area (Å²) in [4.78, 5) is 23.3. The molecule has 0 aliphatic rings. The molecule has 0 aliphatic carbocycles. The Hall–Kier alpha value is -2.30. The SMILES string of the molecule is CCOC(=O)/C(=C/c1ccc(OC)cc1OC)C(C)=O. The molecule has 1 rings (SSSR count). The predicted molar refractivity (Wildman–Crippen MR) is 74.8 cm³/mol. The molecule has 0 saturated carbocycles. The zero-order valence-corrected chi connectivity index (χ0v) is 12.1. The Bertz CT molecular complexity index is 531. The van der Waals surface area contributed by atoms with Gasteiger partial charge in [0.05, 0.1) is 20.8 Å². The summed E-state index contributed by atoms with van der Waals surface area (Å²) in [5, 5.41) is 0. The first-order valence-corrected chi connectivity index (χ1v) is 6.15. The van der Waals surface area contributed by atoms with Crippen LogP contribution in [0.15, 0.2) is 23.8 Å². The van der Waals surface area contributed by atoms with Crippen LogP contribution in [0.3, 0.4) is 0 Å². The fraction of sp³-hybridized carbons (Fsp3) is 0.333. The average molecular weight is 278 g/mol. The fourth-order valence-corrected chi connectivity index (χ4v) is 1.61. The molecule has 0 aromatic heterocycles. The van der Waals surface area contributed by atoms with Gasteiger partial charge in [0, 0.05) is 11.6 Å². The second-order valence-electron chi connectivity index (χ2n) is 3.94. The Labute approximate surface area is 118 Å². The smallest absolute Gasteiger partial charge is 0.341 e. The van der Waals surface area contributed by atoms with Crippen LogP contribution >= 0.6 is 0 Å². The van der Waals surface area contributed by atoms with Crippen LogP contribution in [0.2, 0.25) is 0 Å². The molecule has 0 spiro atoms. The molecule has 1 aromatic carbocycles. The van der Waals surface area contributed by atoms with Gasteiger partial charge in [-0.05, 0) is 32.1 Å². The molecule has 0 unspecified atom stereocenters. The summed E-state index contributed by atoms with van der Waals surface area (Å²) in [5.74, 6) is 0.131. The van der Waals surface area contributed by atoms with E-state index in [1.165, 1.54) is 20.1 Å². The van der Waals surface area contributed by atoms with Gasteiger partial charge in [0.1, 0.15) is 17.1 Å². The molecule has 0 bridgehead atoms. The Morgan fingerprint density at radius 1 is 1.20 bits per heavy atom. The minimum absolute atomic E-state index is 0.0182. The third-order valence-corrected chi connectivity index (χ3v) is 2.62. The predicted octanol–water partition coefficient (Wildman–Crippen LogP) is 2.24. The van der Waals surface area contributed by atoms with Crippen molar-refractivity contribution in [3.05, 3.63) is 29.3 Å². The van der Waals surface area contributed by atoms with E-state index >= 15 is 0 Å². The molecule has 1 aromatic rings. The summed E-state index contributed by atoms with van der Waals surface area (Å²) in [6.07, 6.45) is 1.46. The summed E-state index contributed by atoms with van der Waals surface area (Å²) in [6.45, 7) is 3.21. The zero-order valence-electron chi connectivity index (χ0n) is 12.1. The summed E-state index contributed by atoms with van der Waals surface area (Å²) in [5.41, 5.74) is 0.585. The van der Waals surface area contributed by atoms with Gasteiger partial charge in [0.15, 0.2) is 5.78 Å². The van der Waals surface area contributed by atoms with E-state index in [0.29, 0.717) is 17.1 Å². The van der Waals surface area contributed by atoms with Crippen molar-refractivity contribution in [2.24, 2.45) is 0 Å². The minimum atomic E-state index is -0.641. The molecule has 0 saturated heterocycles. The molecule has 0 fully saturated rings. The topological polar surface area (TPSA) is 61.8 Å². The Morgan fingerprint density at radius 2 is 1.90 bits per heavy atom. The van der Waals surface area contributed by atoms with Crippen LogP contribution in [-0.4, -0.2) is 32.6 Å². The van der Waals surface area contributed by atoms with E-state index in [9.17, 15) is 9.59 Å². The van der Waals surface area contributed by atoms with Crippen molar-refractivity contribution >= 4 is 17.8 Å². The molecule has 5 heteroatoms. The first kappa shape index (κ1) is 15.8. The quantitative estimate of drug-likeness (QED) is 0.345. The summed E-state index contributed by atoms with van der Waals surface area (Å²) in [7, 11) is 3.05. The van der Waals surface area contributed by atoms with Crippen molar-refractivity contribution in [1.29, 1.82) is 0 Å². The number of hydrogen-bond donors (Lipinski definition) is 0. The average Bonchev–Trinajstić information content (AvgIpc) is 2.44. The number of hydrogen-bond acceptors (Lipinski definition) is 5. The van der Waals surface area contributed by atoms with Gasteiger partial charge in [0.2, 0.25) is 0 Å². The third-order valence-electron chi connectivity index (χ3n) is 2.62. The first-order chi connectivity index (χ1) is 9.53. The highest BCUT2D eigenvalue weighted by atomic mass is 16.5. The monoisotopic (exact) mass is 278 g/mol. The fourth-order valence-electron chi connectivity index (χ4n) is 1.61. The molecule has 0 amide bonds. The lowest BCUT2D eigenvalue weighted by molar-refractivity contribution is -0.139. The molecule has 108 valence electrons. The normalized spacial score (nSPS) is 10.9. The van der Waals surface area contributed by atoms with E-state index in [1.54, 1.807) is 32.2 Å². The molecule has 5 nitrogen and oxygen atoms in total. The van der Waals surface area contributed by atoms with E-state index in [2.05, 4.69) is 0 Å². The third kappa shape index (κ3) is 3.85. The van der Waals surface area contributed by atoms with Crippen LogP contribution < -0.4 is 9.47 Å². The van der Waals surface area contributed by atoms with Gasteiger partial charge in [-0.1, -0.05) is 0 Å². The molecular weight excluding hydrogens is 260 g/mol. The highest BCUT2D eigenvalue weighted by molar-refractivity contribution is 6.19. The van der Waals surface area contributed by atoms with Gasteiger partial charge in [-0.15, -0.1) is 0 Å². The van der Waals surface area contributed by atoms with Gasteiger partial charge >= 0.3 is 5.97 Å². The lowest BCUT2D eigenvalue weighted by Crippen LogP contribution is -2.13. The summed E-state index contributed by atoms with van der Waals surface area (Å²) >= 11 is 0. The Kier molecular flexibility index (Phi) is 5.77. The van der Waals surface area contributed by atoms with Gasteiger partial charge in [-0.25, -0.2) is 4.79 Å². The minimum Gasteiger partial charge on any atom is -0.497 e. The van der Waals surface area contributed by atoms with E-state index in [4.69, 9.17) is 14.2 Å². The second kappa shape index (κ2) is 7.33. The number of carbonyl (C=O) groups is 2. The van der Waals surface area contributed by atoms with Gasteiger partial charge < -0.3 is 14.2 Å². The van der Waals surface area contributed by atoms with Crippen molar-refractivity contribution in [2.75, 3.05) is 20.8 Å². The van der Waals surface area contributed by atoms with Crippen molar-refractivity contribution in [3.63, 3.8) is 0 Å². The van der Waals surface area contributed by atoms with E-state index in [1.807, 2.05) is 0 Å². The van der Waals surface area contributed by atoms with E-state index in [-0.39, 0.29) is 18.0 Å². The zero-order chi connectivity index (χ0) is 15.1. The lowest BCUT2D eigenvalue weighted by atomic mass is 10.1. The first-order valence-electron chi connectivity index (χ1n) is 6.15. The molecule has 0 aliphatic heterocycles. The number of methoxy groups -OCH3 is 2. The highest BCUT2D eigenvalue weighted by Crippen LogP contribution is 2.26. The van der Waals surface area contributed by atoms with Crippen LogP contribution in [0.4, 0.5) is 0 Å². The van der Waals surface area contributed by atoms with Crippen molar-refractivity contribution < 1.29 is 23.8 Å². The van der Waals surface area contributed by atoms with E-state index < -0.39 is 5.97 Å². The van der Waals surface area contributed by atoms with Crippen molar-refractivity contribution in [1.82, 2.24) is 0 Å². The van der Waals surface area contributed by atoms with Crippen molar-refractivity contribution in [3.8, 4) is 11.5 Å². The molecule has 0 radical (unpaired) electrons. The number of esters is 1. The Balaban J connectivity index is 3.23. The number of carbonyl (C=O) groups excluding carboxylic acids is 2. The van der Waals surface area contributed by atoms with Crippen molar-refractivity contribution in [2.45, 2.75) is 13.8 Å². The maximum absolute atomic E-state index is 11.7. The van der Waals surface area contributed by atoms with Crippen LogP contribution in [0.5, 0.6) is 11.5 Å². The number of ether oxygens (including phenoxy) is 3. The Morgan fingerprint density at radius 3 is 2.40 bits per heavy atom. The largest absolute Gasteiger partial charge is 0.497 e. The molecule has 0 atom stereocenters. The van der Waals surface area contributed by atoms with Crippen LogP contribution in [-0.2, 0) is 14.3 Å². The number of Topliss-reactive ketones (excluding diaryl/α,β-unsaturated/α-hetero) is 1. The van der Waals surface area contributed by atoms with E-state index in [0.717, 1.165) is 0 Å². The lowest BCUT2D eigenvalue weighted by Gasteiger charge is -2.09. The number of ketones is 1. The second-order valence-corrected chi connectivity index (χ2v) is 3.94. The highest BCUT2D eigenvalue weighted by Gasteiger charge is 2.16. The maximum Gasteiger partial charge on any atom is 0.341 e. The summed E-state index contributed by atoms with van der Waals surface area (Å²) < 4.78 is 15.2. The maximum atomic E-state index is 11.7.